The van der Waals surface area contributed by atoms with Crippen LogP contribution in [0, 0.1) is 0 Å². The van der Waals surface area contributed by atoms with Gasteiger partial charge < -0.3 is 15.6 Å². The van der Waals surface area contributed by atoms with Crippen molar-refractivity contribution in [3.05, 3.63) is 29.8 Å². The average molecular weight is 251 g/mol. The Morgan fingerprint density at radius 3 is 2.83 bits per heavy atom. The van der Waals surface area contributed by atoms with Crippen LogP contribution in [-0.4, -0.2) is 24.4 Å². The quantitative estimate of drug-likeness (QED) is 0.663. The summed E-state index contributed by atoms with van der Waals surface area (Å²) in [6.07, 6.45) is 4.96. The van der Waals surface area contributed by atoms with Gasteiger partial charge in [-0.05, 0) is 30.5 Å². The van der Waals surface area contributed by atoms with E-state index in [1.165, 1.54) is 19.3 Å². The van der Waals surface area contributed by atoms with Crippen molar-refractivity contribution >= 4 is 0 Å². The predicted octanol–water partition coefficient (Wildman–Crippen LogP) is 2.51. The predicted molar refractivity (Wildman–Crippen MR) is 74.8 cm³/mol. The van der Waals surface area contributed by atoms with Gasteiger partial charge in [0.25, 0.3) is 0 Å². The van der Waals surface area contributed by atoms with Crippen molar-refractivity contribution in [2.75, 3.05) is 13.2 Å². The normalized spacial score (nSPS) is 12.4. The van der Waals surface area contributed by atoms with Crippen molar-refractivity contribution < 1.29 is 9.84 Å². The molecule has 0 spiro atoms. The highest BCUT2D eigenvalue weighted by atomic mass is 16.5. The standard InChI is InChI=1S/C15H25NO2/c1-2-3-4-5-9-18-15-8-6-7-13(11-15)10-14(17)12-16/h6-8,11,14,17H,2-5,9-10,12,16H2,1H3. The Labute approximate surface area is 110 Å². The Hall–Kier alpha value is -1.06. The van der Waals surface area contributed by atoms with Crippen molar-refractivity contribution in [1.29, 1.82) is 0 Å². The summed E-state index contributed by atoms with van der Waals surface area (Å²) in [6.45, 7) is 3.26. The molecule has 0 fully saturated rings. The first-order chi connectivity index (χ1) is 8.76. The molecule has 0 amide bonds. The number of aliphatic hydroxyl groups excluding tert-OH is 1. The summed E-state index contributed by atoms with van der Waals surface area (Å²) >= 11 is 0. The molecule has 0 bridgehead atoms. The van der Waals surface area contributed by atoms with Crippen LogP contribution in [0.4, 0.5) is 0 Å². The first-order valence-electron chi connectivity index (χ1n) is 6.86. The Balaban J connectivity index is 2.35. The van der Waals surface area contributed by atoms with Crippen LogP contribution in [0.3, 0.4) is 0 Å². The van der Waals surface area contributed by atoms with E-state index in [1.807, 2.05) is 24.3 Å². The molecule has 0 aliphatic heterocycles. The van der Waals surface area contributed by atoms with E-state index >= 15 is 0 Å². The third-order valence-electron chi connectivity index (χ3n) is 2.91. The number of hydrogen-bond donors (Lipinski definition) is 2. The number of rotatable bonds is 9. The van der Waals surface area contributed by atoms with Crippen molar-refractivity contribution in [1.82, 2.24) is 0 Å². The van der Waals surface area contributed by atoms with Gasteiger partial charge >= 0.3 is 0 Å². The molecule has 0 aliphatic rings. The fourth-order valence-electron chi connectivity index (χ4n) is 1.84. The van der Waals surface area contributed by atoms with Gasteiger partial charge in [-0.15, -0.1) is 0 Å². The molecule has 0 aliphatic carbocycles. The molecule has 0 saturated heterocycles. The molecule has 3 heteroatoms. The number of nitrogens with two attached hydrogens (primary N) is 1. The third kappa shape index (κ3) is 6.03. The van der Waals surface area contributed by atoms with Crippen LogP contribution in [0.1, 0.15) is 38.2 Å². The van der Waals surface area contributed by atoms with Gasteiger partial charge in [0.05, 0.1) is 12.7 Å². The van der Waals surface area contributed by atoms with Crippen LogP contribution >= 0.6 is 0 Å². The van der Waals surface area contributed by atoms with Gasteiger partial charge in [-0.3, -0.25) is 0 Å². The topological polar surface area (TPSA) is 55.5 Å². The minimum Gasteiger partial charge on any atom is -0.494 e. The van der Waals surface area contributed by atoms with Crippen LogP contribution in [0.15, 0.2) is 24.3 Å². The van der Waals surface area contributed by atoms with E-state index < -0.39 is 6.10 Å². The first-order valence-corrected chi connectivity index (χ1v) is 6.86. The molecule has 0 saturated carbocycles. The lowest BCUT2D eigenvalue weighted by molar-refractivity contribution is 0.183. The van der Waals surface area contributed by atoms with Gasteiger partial charge in [0.1, 0.15) is 5.75 Å². The molecule has 102 valence electrons. The smallest absolute Gasteiger partial charge is 0.119 e. The van der Waals surface area contributed by atoms with Crippen molar-refractivity contribution in [3.63, 3.8) is 0 Å². The summed E-state index contributed by atoms with van der Waals surface area (Å²) in [5, 5.41) is 9.51. The zero-order chi connectivity index (χ0) is 13.2. The number of ether oxygens (including phenoxy) is 1. The molecule has 18 heavy (non-hydrogen) atoms. The highest BCUT2D eigenvalue weighted by Crippen LogP contribution is 2.15. The van der Waals surface area contributed by atoms with Crippen LogP contribution < -0.4 is 10.5 Å². The third-order valence-corrected chi connectivity index (χ3v) is 2.91. The SMILES string of the molecule is CCCCCCOc1cccc(CC(O)CN)c1. The first kappa shape index (κ1) is 15.0. The van der Waals surface area contributed by atoms with Gasteiger partial charge in [0.2, 0.25) is 0 Å². The molecule has 0 heterocycles. The maximum atomic E-state index is 9.51. The fraction of sp³-hybridized carbons (Fsp3) is 0.600. The monoisotopic (exact) mass is 251 g/mol. The maximum Gasteiger partial charge on any atom is 0.119 e. The van der Waals surface area contributed by atoms with E-state index in [4.69, 9.17) is 10.5 Å². The highest BCUT2D eigenvalue weighted by Gasteiger charge is 2.04. The van der Waals surface area contributed by atoms with Crippen LogP contribution in [0.2, 0.25) is 0 Å². The molecule has 1 aromatic carbocycles. The molecule has 1 unspecified atom stereocenters. The summed E-state index contributed by atoms with van der Waals surface area (Å²) < 4.78 is 5.70. The second kappa shape index (κ2) is 8.95. The molecule has 0 aromatic heterocycles. The van der Waals surface area contributed by atoms with E-state index in [2.05, 4.69) is 6.92 Å². The molecule has 3 nitrogen and oxygen atoms in total. The van der Waals surface area contributed by atoms with Crippen LogP contribution in [0.5, 0.6) is 5.75 Å². The van der Waals surface area contributed by atoms with E-state index in [1.54, 1.807) is 0 Å². The summed E-state index contributed by atoms with van der Waals surface area (Å²) in [5.74, 6) is 0.883. The summed E-state index contributed by atoms with van der Waals surface area (Å²) in [4.78, 5) is 0. The van der Waals surface area contributed by atoms with Crippen molar-refractivity contribution in [2.24, 2.45) is 5.73 Å². The molecular formula is C15H25NO2. The van der Waals surface area contributed by atoms with E-state index in [-0.39, 0.29) is 0 Å². The number of aliphatic hydroxyl groups is 1. The highest BCUT2D eigenvalue weighted by molar-refractivity contribution is 5.28. The maximum absolute atomic E-state index is 9.51. The summed E-state index contributed by atoms with van der Waals surface area (Å²) in [7, 11) is 0. The molecule has 1 atom stereocenters. The van der Waals surface area contributed by atoms with Gasteiger partial charge in [-0.1, -0.05) is 38.3 Å². The lowest BCUT2D eigenvalue weighted by atomic mass is 10.1. The van der Waals surface area contributed by atoms with Crippen molar-refractivity contribution in [2.45, 2.75) is 45.1 Å². The fourth-order valence-corrected chi connectivity index (χ4v) is 1.84. The number of benzene rings is 1. The molecule has 0 radical (unpaired) electrons. The minimum atomic E-state index is -0.468. The van der Waals surface area contributed by atoms with Gasteiger partial charge in [0.15, 0.2) is 0 Å². The number of hydrogen-bond acceptors (Lipinski definition) is 3. The average Bonchev–Trinajstić information content (AvgIpc) is 2.39. The van der Waals surface area contributed by atoms with Gasteiger partial charge in [0, 0.05) is 6.54 Å². The molecule has 1 rings (SSSR count). The van der Waals surface area contributed by atoms with Crippen LogP contribution in [-0.2, 0) is 6.42 Å². The zero-order valence-electron chi connectivity index (χ0n) is 11.3. The van der Waals surface area contributed by atoms with Crippen LogP contribution in [0.25, 0.3) is 0 Å². The largest absolute Gasteiger partial charge is 0.494 e. The summed E-state index contributed by atoms with van der Waals surface area (Å²) in [5.41, 5.74) is 6.47. The van der Waals surface area contributed by atoms with E-state index in [0.29, 0.717) is 13.0 Å². The zero-order valence-corrected chi connectivity index (χ0v) is 11.3. The Bertz CT molecular complexity index is 328. The van der Waals surface area contributed by atoms with E-state index in [0.717, 1.165) is 24.3 Å². The van der Waals surface area contributed by atoms with Gasteiger partial charge in [-0.25, -0.2) is 0 Å². The molecular weight excluding hydrogens is 226 g/mol. The van der Waals surface area contributed by atoms with Gasteiger partial charge in [-0.2, -0.15) is 0 Å². The lowest BCUT2D eigenvalue weighted by Gasteiger charge is -2.10. The van der Waals surface area contributed by atoms with E-state index in [9.17, 15) is 5.11 Å². The minimum absolute atomic E-state index is 0.294. The lowest BCUT2D eigenvalue weighted by Crippen LogP contribution is -2.21. The molecule has 1 aromatic rings. The second-order valence-corrected chi connectivity index (χ2v) is 4.65. The van der Waals surface area contributed by atoms with Crippen molar-refractivity contribution in [3.8, 4) is 5.75 Å². The second-order valence-electron chi connectivity index (χ2n) is 4.65. The molecule has 3 N–H and O–H groups in total. The Kier molecular flexibility index (Phi) is 7.46. The Morgan fingerprint density at radius 1 is 1.28 bits per heavy atom. The summed E-state index contributed by atoms with van der Waals surface area (Å²) in [6, 6.07) is 7.89. The Morgan fingerprint density at radius 2 is 2.11 bits per heavy atom. The number of unbranched alkanes of at least 4 members (excludes halogenated alkanes) is 3.